The number of rotatable bonds is 0. The molecule has 16 heavy (non-hydrogen) atoms. The van der Waals surface area contributed by atoms with Crippen LogP contribution in [0.25, 0.3) is 10.1 Å². The van der Waals surface area contributed by atoms with E-state index in [0.717, 1.165) is 9.58 Å². The lowest BCUT2D eigenvalue weighted by atomic mass is 10.2. The Morgan fingerprint density at radius 2 is 1.69 bits per heavy atom. The van der Waals surface area contributed by atoms with Crippen LogP contribution >= 0.6 is 22.9 Å². The second kappa shape index (κ2) is 7.64. The molecule has 2 aromatic rings. The van der Waals surface area contributed by atoms with Crippen molar-refractivity contribution in [2.45, 2.75) is 34.6 Å². The van der Waals surface area contributed by atoms with Gasteiger partial charge in [0, 0.05) is 15.0 Å². The van der Waals surface area contributed by atoms with Crippen LogP contribution in [-0.4, -0.2) is 0 Å². The maximum Gasteiger partial charge on any atom is 0.133 e. The smallest absolute Gasteiger partial charge is 0.133 e. The Bertz CT molecular complexity index is 435. The van der Waals surface area contributed by atoms with Crippen molar-refractivity contribution in [1.29, 1.82) is 0 Å². The Morgan fingerprint density at radius 1 is 1.12 bits per heavy atom. The van der Waals surface area contributed by atoms with Gasteiger partial charge in [-0.1, -0.05) is 45.4 Å². The molecule has 0 atom stereocenters. The van der Waals surface area contributed by atoms with Crippen LogP contribution in [0.1, 0.15) is 32.6 Å². The minimum atomic E-state index is -0.234. The molecule has 0 N–H and O–H groups in total. The number of benzene rings is 1. The fraction of sp³-hybridized carbons (Fsp3) is 0.385. The fourth-order valence-electron chi connectivity index (χ4n) is 1.19. The Hall–Kier alpha value is -0.600. The van der Waals surface area contributed by atoms with E-state index in [1.165, 1.54) is 17.4 Å². The van der Waals surface area contributed by atoms with Gasteiger partial charge in [0.25, 0.3) is 0 Å². The van der Waals surface area contributed by atoms with Gasteiger partial charge in [-0.3, -0.25) is 0 Å². The third-order valence-corrected chi connectivity index (χ3v) is 3.42. The highest BCUT2D eigenvalue weighted by molar-refractivity contribution is 7.19. The van der Waals surface area contributed by atoms with Gasteiger partial charge in [0.15, 0.2) is 0 Å². The van der Waals surface area contributed by atoms with Crippen molar-refractivity contribution in [2.24, 2.45) is 0 Å². The van der Waals surface area contributed by atoms with Crippen molar-refractivity contribution in [1.82, 2.24) is 0 Å². The van der Waals surface area contributed by atoms with Gasteiger partial charge in [-0.25, -0.2) is 4.39 Å². The normalized spacial score (nSPS) is 8.94. The molecule has 0 radical (unpaired) electrons. The van der Waals surface area contributed by atoms with E-state index in [9.17, 15) is 4.39 Å². The molecule has 1 aromatic carbocycles. The van der Waals surface area contributed by atoms with E-state index in [2.05, 4.69) is 0 Å². The SMILES string of the molecule is CC.CC.Cc1sc2cccc(F)c2c1Cl. The molecule has 0 aliphatic heterocycles. The molecule has 0 amide bonds. The third kappa shape index (κ3) is 3.19. The van der Waals surface area contributed by atoms with Crippen LogP contribution in [0, 0.1) is 12.7 Å². The lowest BCUT2D eigenvalue weighted by Gasteiger charge is -1.91. The first-order chi connectivity index (χ1) is 7.70. The predicted molar refractivity (Wildman–Crippen MR) is 74.2 cm³/mol. The van der Waals surface area contributed by atoms with Crippen LogP contribution in [0.4, 0.5) is 4.39 Å². The Balaban J connectivity index is 0.000000509. The summed E-state index contributed by atoms with van der Waals surface area (Å²) >= 11 is 7.44. The number of halogens is 2. The molecule has 0 saturated carbocycles. The molecule has 0 bridgehead atoms. The van der Waals surface area contributed by atoms with Gasteiger partial charge in [0.2, 0.25) is 0 Å². The van der Waals surface area contributed by atoms with E-state index >= 15 is 0 Å². The second-order valence-corrected chi connectivity index (χ2v) is 4.22. The van der Waals surface area contributed by atoms with Crippen LogP contribution in [-0.2, 0) is 0 Å². The van der Waals surface area contributed by atoms with Crippen LogP contribution < -0.4 is 0 Å². The van der Waals surface area contributed by atoms with Gasteiger partial charge >= 0.3 is 0 Å². The molecule has 2 rings (SSSR count). The first-order valence-corrected chi connectivity index (χ1v) is 6.72. The average molecular weight is 261 g/mol. The van der Waals surface area contributed by atoms with Crippen LogP contribution in [0.2, 0.25) is 5.02 Å². The van der Waals surface area contributed by atoms with Gasteiger partial charge in [-0.05, 0) is 19.1 Å². The third-order valence-electron chi connectivity index (χ3n) is 1.77. The van der Waals surface area contributed by atoms with Crippen molar-refractivity contribution < 1.29 is 4.39 Å². The summed E-state index contributed by atoms with van der Waals surface area (Å²) in [4.78, 5) is 0.969. The molecular weight excluding hydrogens is 243 g/mol. The molecule has 0 aliphatic carbocycles. The quantitative estimate of drug-likeness (QED) is 0.540. The Labute approximate surface area is 106 Å². The molecule has 0 unspecified atom stereocenters. The van der Waals surface area contributed by atoms with E-state index in [1.54, 1.807) is 6.07 Å². The molecule has 1 heterocycles. The monoisotopic (exact) mass is 260 g/mol. The number of fused-ring (bicyclic) bond motifs is 1. The summed E-state index contributed by atoms with van der Waals surface area (Å²) in [6.07, 6.45) is 0. The van der Waals surface area contributed by atoms with Gasteiger partial charge < -0.3 is 0 Å². The molecule has 1 aromatic heterocycles. The number of thiophene rings is 1. The predicted octanol–water partition coefficient (Wildman–Crippen LogP) is 6.05. The zero-order valence-corrected chi connectivity index (χ0v) is 12.0. The number of aryl methyl sites for hydroxylation is 1. The summed E-state index contributed by atoms with van der Waals surface area (Å²) in [5.74, 6) is -0.234. The van der Waals surface area contributed by atoms with Gasteiger partial charge in [0.05, 0.1) is 5.02 Å². The molecule has 0 nitrogen and oxygen atoms in total. The zero-order chi connectivity index (χ0) is 12.7. The largest absolute Gasteiger partial charge is 0.206 e. The van der Waals surface area contributed by atoms with E-state index in [1.807, 2.05) is 40.7 Å². The van der Waals surface area contributed by atoms with Crippen molar-refractivity contribution in [2.75, 3.05) is 0 Å². The first kappa shape index (κ1) is 15.4. The summed E-state index contributed by atoms with van der Waals surface area (Å²) in [5, 5.41) is 1.11. The Kier molecular flexibility index (Phi) is 7.35. The Morgan fingerprint density at radius 3 is 2.19 bits per heavy atom. The second-order valence-electron chi connectivity index (χ2n) is 2.59. The summed E-state index contributed by atoms with van der Waals surface area (Å²) in [7, 11) is 0. The van der Waals surface area contributed by atoms with Gasteiger partial charge in [-0.15, -0.1) is 11.3 Å². The van der Waals surface area contributed by atoms with Crippen molar-refractivity contribution in [3.63, 3.8) is 0 Å². The molecule has 0 fully saturated rings. The zero-order valence-electron chi connectivity index (χ0n) is 10.4. The van der Waals surface area contributed by atoms with Gasteiger partial charge in [-0.2, -0.15) is 0 Å². The van der Waals surface area contributed by atoms with Crippen molar-refractivity contribution in [3.8, 4) is 0 Å². The maximum atomic E-state index is 13.2. The topological polar surface area (TPSA) is 0 Å². The average Bonchev–Trinajstić information content (AvgIpc) is 2.62. The first-order valence-electron chi connectivity index (χ1n) is 5.53. The molecule has 90 valence electrons. The highest BCUT2D eigenvalue weighted by atomic mass is 35.5. The minimum absolute atomic E-state index is 0.234. The molecular formula is C13H18ClFS. The van der Waals surface area contributed by atoms with Crippen LogP contribution in [0.15, 0.2) is 18.2 Å². The van der Waals surface area contributed by atoms with E-state index < -0.39 is 0 Å². The number of hydrogen-bond acceptors (Lipinski definition) is 1. The number of hydrogen-bond donors (Lipinski definition) is 0. The molecule has 3 heteroatoms. The summed E-state index contributed by atoms with van der Waals surface area (Å²) in [6, 6.07) is 5.01. The standard InChI is InChI=1S/C9H6ClFS.2C2H6/c1-5-9(10)8-6(11)3-2-4-7(8)12-5;2*1-2/h2-4H,1H3;2*1-2H3. The van der Waals surface area contributed by atoms with Crippen molar-refractivity contribution in [3.05, 3.63) is 33.9 Å². The fourth-order valence-corrected chi connectivity index (χ4v) is 2.52. The molecule has 0 aliphatic rings. The lowest BCUT2D eigenvalue weighted by Crippen LogP contribution is -1.73. The summed E-state index contributed by atoms with van der Waals surface area (Å²) in [6.45, 7) is 9.90. The van der Waals surface area contributed by atoms with Gasteiger partial charge in [0.1, 0.15) is 5.82 Å². The van der Waals surface area contributed by atoms with Crippen LogP contribution in [0.5, 0.6) is 0 Å². The van der Waals surface area contributed by atoms with E-state index in [-0.39, 0.29) is 5.82 Å². The van der Waals surface area contributed by atoms with E-state index in [4.69, 9.17) is 11.6 Å². The molecule has 0 saturated heterocycles. The molecule has 0 spiro atoms. The summed E-state index contributed by atoms with van der Waals surface area (Å²) in [5.41, 5.74) is 0. The lowest BCUT2D eigenvalue weighted by molar-refractivity contribution is 0.640. The minimum Gasteiger partial charge on any atom is -0.206 e. The highest BCUT2D eigenvalue weighted by Gasteiger charge is 2.09. The van der Waals surface area contributed by atoms with E-state index in [0.29, 0.717) is 10.4 Å². The van der Waals surface area contributed by atoms with Crippen molar-refractivity contribution >= 4 is 33.0 Å². The highest BCUT2D eigenvalue weighted by Crippen LogP contribution is 2.35. The maximum absolute atomic E-state index is 13.2. The summed E-state index contributed by atoms with van der Waals surface area (Å²) < 4.78 is 14.1. The van der Waals surface area contributed by atoms with Crippen LogP contribution in [0.3, 0.4) is 0 Å².